The summed E-state index contributed by atoms with van der Waals surface area (Å²) in [5.74, 6) is 1.71. The highest BCUT2D eigenvalue weighted by molar-refractivity contribution is 7.89. The molecule has 5 nitrogen and oxygen atoms in total. The number of sulfonamides is 1. The molecule has 1 aliphatic heterocycles. The average molecular weight is 381 g/mol. The molecule has 2 aromatic carbocycles. The zero-order valence-electron chi connectivity index (χ0n) is 13.7. The van der Waals surface area contributed by atoms with E-state index < -0.39 is 10.0 Å². The summed E-state index contributed by atoms with van der Waals surface area (Å²) in [4.78, 5) is 0.232. The molecule has 1 heterocycles. The van der Waals surface area contributed by atoms with E-state index in [9.17, 15) is 8.42 Å². The standard InChI is InChI=1S/C18H21ClN2O3S/c19-15-2-1-3-17(12-15)24-16-4-6-18(7-5-16)25(22,23)21-11-9-14-8-10-20-13-14/h1-7,12,14,20-21H,8-11,13H2. The summed E-state index contributed by atoms with van der Waals surface area (Å²) in [5.41, 5.74) is 0. The van der Waals surface area contributed by atoms with Gasteiger partial charge in [-0.25, -0.2) is 13.1 Å². The third kappa shape index (κ3) is 5.19. The second-order valence-corrected chi connectivity index (χ2v) is 8.28. The molecule has 0 radical (unpaired) electrons. The fraction of sp³-hybridized carbons (Fsp3) is 0.333. The highest BCUT2D eigenvalue weighted by Gasteiger charge is 2.17. The quantitative estimate of drug-likeness (QED) is 0.772. The van der Waals surface area contributed by atoms with Gasteiger partial charge in [0.2, 0.25) is 10.0 Å². The van der Waals surface area contributed by atoms with E-state index in [2.05, 4.69) is 10.0 Å². The Bertz CT molecular complexity index is 803. The van der Waals surface area contributed by atoms with Crippen LogP contribution in [0.5, 0.6) is 11.5 Å². The van der Waals surface area contributed by atoms with Gasteiger partial charge in [-0.2, -0.15) is 0 Å². The van der Waals surface area contributed by atoms with E-state index in [-0.39, 0.29) is 4.90 Å². The Morgan fingerprint density at radius 2 is 1.96 bits per heavy atom. The van der Waals surface area contributed by atoms with Gasteiger partial charge in [-0.3, -0.25) is 0 Å². The molecule has 25 heavy (non-hydrogen) atoms. The molecule has 0 bridgehead atoms. The molecular formula is C18H21ClN2O3S. The Morgan fingerprint density at radius 3 is 2.64 bits per heavy atom. The monoisotopic (exact) mass is 380 g/mol. The second-order valence-electron chi connectivity index (χ2n) is 6.08. The van der Waals surface area contributed by atoms with Crippen LogP contribution in [0.2, 0.25) is 5.02 Å². The predicted molar refractivity (Wildman–Crippen MR) is 98.8 cm³/mol. The molecule has 3 rings (SSSR count). The van der Waals surface area contributed by atoms with E-state index in [0.29, 0.717) is 29.0 Å². The highest BCUT2D eigenvalue weighted by Crippen LogP contribution is 2.25. The Kier molecular flexibility index (Phi) is 5.96. The third-order valence-electron chi connectivity index (χ3n) is 4.17. The normalized spacial score (nSPS) is 17.6. The molecule has 2 N–H and O–H groups in total. The van der Waals surface area contributed by atoms with Crippen molar-refractivity contribution >= 4 is 21.6 Å². The number of nitrogens with one attached hydrogen (secondary N) is 2. The molecule has 0 saturated carbocycles. The van der Waals surface area contributed by atoms with E-state index >= 15 is 0 Å². The zero-order valence-corrected chi connectivity index (χ0v) is 15.3. The molecule has 0 aromatic heterocycles. The average Bonchev–Trinajstić information content (AvgIpc) is 3.09. The maximum atomic E-state index is 12.3. The topological polar surface area (TPSA) is 67.4 Å². The minimum atomic E-state index is -3.50. The van der Waals surface area contributed by atoms with Crippen molar-refractivity contribution in [3.63, 3.8) is 0 Å². The minimum Gasteiger partial charge on any atom is -0.457 e. The van der Waals surface area contributed by atoms with Gasteiger partial charge in [-0.05, 0) is 74.3 Å². The van der Waals surface area contributed by atoms with Crippen LogP contribution in [0, 0.1) is 5.92 Å². The number of ether oxygens (including phenoxy) is 1. The van der Waals surface area contributed by atoms with Crippen molar-refractivity contribution in [3.05, 3.63) is 53.6 Å². The van der Waals surface area contributed by atoms with Crippen LogP contribution in [-0.4, -0.2) is 28.1 Å². The van der Waals surface area contributed by atoms with Crippen LogP contribution in [0.3, 0.4) is 0 Å². The number of halogens is 1. The first-order valence-electron chi connectivity index (χ1n) is 8.27. The van der Waals surface area contributed by atoms with Crippen molar-refractivity contribution in [1.82, 2.24) is 10.0 Å². The van der Waals surface area contributed by atoms with E-state index in [0.717, 1.165) is 25.9 Å². The first kappa shape index (κ1) is 18.2. The number of hydrogen-bond donors (Lipinski definition) is 2. The number of benzene rings is 2. The lowest BCUT2D eigenvalue weighted by Crippen LogP contribution is -2.26. The lowest BCUT2D eigenvalue weighted by atomic mass is 10.1. The first-order chi connectivity index (χ1) is 12.0. The fourth-order valence-corrected chi connectivity index (χ4v) is 4.02. The Labute approximate surface area is 153 Å². The van der Waals surface area contributed by atoms with Gasteiger partial charge in [-0.1, -0.05) is 17.7 Å². The van der Waals surface area contributed by atoms with Crippen molar-refractivity contribution in [3.8, 4) is 11.5 Å². The van der Waals surface area contributed by atoms with E-state index in [1.165, 1.54) is 0 Å². The van der Waals surface area contributed by atoms with E-state index in [4.69, 9.17) is 16.3 Å². The predicted octanol–water partition coefficient (Wildman–Crippen LogP) is 3.41. The summed E-state index contributed by atoms with van der Waals surface area (Å²) in [7, 11) is -3.50. The van der Waals surface area contributed by atoms with Gasteiger partial charge in [0.1, 0.15) is 11.5 Å². The molecule has 1 saturated heterocycles. The van der Waals surface area contributed by atoms with Gasteiger partial charge >= 0.3 is 0 Å². The maximum absolute atomic E-state index is 12.3. The molecule has 2 aromatic rings. The Balaban J connectivity index is 1.58. The molecule has 0 aliphatic carbocycles. The van der Waals surface area contributed by atoms with Crippen LogP contribution in [0.1, 0.15) is 12.8 Å². The smallest absolute Gasteiger partial charge is 0.240 e. The van der Waals surface area contributed by atoms with Crippen LogP contribution in [0.4, 0.5) is 0 Å². The van der Waals surface area contributed by atoms with Gasteiger partial charge < -0.3 is 10.1 Å². The van der Waals surface area contributed by atoms with Gasteiger partial charge in [0.25, 0.3) is 0 Å². The summed E-state index contributed by atoms with van der Waals surface area (Å²) in [6.07, 6.45) is 1.96. The van der Waals surface area contributed by atoms with Crippen molar-refractivity contribution in [2.45, 2.75) is 17.7 Å². The summed E-state index contributed by atoms with van der Waals surface area (Å²) in [6, 6.07) is 13.4. The van der Waals surface area contributed by atoms with Crippen LogP contribution in [0.15, 0.2) is 53.4 Å². The molecule has 0 amide bonds. The summed E-state index contributed by atoms with van der Waals surface area (Å²) >= 11 is 5.92. The van der Waals surface area contributed by atoms with Gasteiger partial charge in [0.05, 0.1) is 4.90 Å². The van der Waals surface area contributed by atoms with E-state index in [1.807, 2.05) is 0 Å². The lowest BCUT2D eigenvalue weighted by molar-refractivity contribution is 0.482. The van der Waals surface area contributed by atoms with E-state index in [1.54, 1.807) is 48.5 Å². The van der Waals surface area contributed by atoms with Crippen LogP contribution in [-0.2, 0) is 10.0 Å². The lowest BCUT2D eigenvalue weighted by Gasteiger charge is -2.11. The highest BCUT2D eigenvalue weighted by atomic mass is 35.5. The summed E-state index contributed by atoms with van der Waals surface area (Å²) in [5, 5.41) is 3.86. The SMILES string of the molecule is O=S(=O)(NCCC1CCNC1)c1ccc(Oc2cccc(Cl)c2)cc1. The number of rotatable bonds is 7. The molecule has 1 unspecified atom stereocenters. The minimum absolute atomic E-state index is 0.232. The molecule has 1 fully saturated rings. The van der Waals surface area contributed by atoms with Crippen molar-refractivity contribution < 1.29 is 13.2 Å². The molecule has 7 heteroatoms. The van der Waals surface area contributed by atoms with Gasteiger partial charge in [-0.15, -0.1) is 0 Å². The largest absolute Gasteiger partial charge is 0.457 e. The number of hydrogen-bond acceptors (Lipinski definition) is 4. The Morgan fingerprint density at radius 1 is 1.16 bits per heavy atom. The fourth-order valence-electron chi connectivity index (χ4n) is 2.79. The summed E-state index contributed by atoms with van der Waals surface area (Å²) < 4.78 is 33.0. The Hall–Kier alpha value is -1.60. The summed E-state index contributed by atoms with van der Waals surface area (Å²) in [6.45, 7) is 2.44. The van der Waals surface area contributed by atoms with Crippen LogP contribution in [0.25, 0.3) is 0 Å². The van der Waals surface area contributed by atoms with Gasteiger partial charge in [0.15, 0.2) is 0 Å². The molecule has 1 atom stereocenters. The molecule has 134 valence electrons. The van der Waals surface area contributed by atoms with Crippen LogP contribution >= 0.6 is 11.6 Å². The van der Waals surface area contributed by atoms with Crippen molar-refractivity contribution in [2.75, 3.05) is 19.6 Å². The zero-order chi connectivity index (χ0) is 17.7. The molecular weight excluding hydrogens is 360 g/mol. The van der Waals surface area contributed by atoms with Gasteiger partial charge in [0, 0.05) is 11.6 Å². The maximum Gasteiger partial charge on any atom is 0.240 e. The van der Waals surface area contributed by atoms with Crippen LogP contribution < -0.4 is 14.8 Å². The first-order valence-corrected chi connectivity index (χ1v) is 10.1. The third-order valence-corrected chi connectivity index (χ3v) is 5.88. The van der Waals surface area contributed by atoms with Crippen molar-refractivity contribution in [2.24, 2.45) is 5.92 Å². The second kappa shape index (κ2) is 8.19. The van der Waals surface area contributed by atoms with Crippen molar-refractivity contribution in [1.29, 1.82) is 0 Å². The molecule has 1 aliphatic rings. The molecule has 0 spiro atoms.